The monoisotopic (exact) mass is 572 g/mol. The van der Waals surface area contributed by atoms with Crippen LogP contribution in [0, 0.1) is 0 Å². The van der Waals surface area contributed by atoms with Gasteiger partial charge in [0, 0.05) is 29.6 Å². The number of nitrogens with one attached hydrogen (secondary N) is 2. The molecule has 39 heavy (non-hydrogen) atoms. The minimum atomic E-state index is -4.59. The van der Waals surface area contributed by atoms with Gasteiger partial charge in [0.1, 0.15) is 11.9 Å². The molecule has 0 saturated carbocycles. The van der Waals surface area contributed by atoms with Crippen LogP contribution < -0.4 is 10.6 Å². The standard InChI is InChI=1S/C27H21Cl2F3N4.C3H8/c1-15(33-14-19-8-5-7-17-6-3-4-9-20(17)19)25-16(2)34-24-13-23(27(30,31)32)35-36(24)26(25)18-10-11-21(28)22(29)12-18;1-3-2/h3-13,26,33-34H,1,14H2,2H3;3H2,1-2H3. The van der Waals surface area contributed by atoms with Crippen LogP contribution in [0.5, 0.6) is 0 Å². The van der Waals surface area contributed by atoms with E-state index in [1.807, 2.05) is 36.4 Å². The number of nitrogens with zero attached hydrogens (tertiary/aromatic N) is 2. The Bertz CT molecular complexity index is 1530. The summed E-state index contributed by atoms with van der Waals surface area (Å²) < 4.78 is 41.9. The first kappa shape index (κ1) is 28.6. The first-order valence-corrected chi connectivity index (χ1v) is 13.3. The van der Waals surface area contributed by atoms with Gasteiger partial charge in [-0.15, -0.1) is 0 Å². The van der Waals surface area contributed by atoms with Crippen molar-refractivity contribution in [2.24, 2.45) is 0 Å². The molecule has 0 bridgehead atoms. The first-order valence-electron chi connectivity index (χ1n) is 12.5. The largest absolute Gasteiger partial charge is 0.435 e. The van der Waals surface area contributed by atoms with E-state index < -0.39 is 17.9 Å². The number of hydrogen-bond acceptors (Lipinski definition) is 3. The fourth-order valence-electron chi connectivity index (χ4n) is 4.54. The zero-order chi connectivity index (χ0) is 28.3. The fraction of sp³-hybridized carbons (Fsp3) is 0.233. The number of anilines is 1. The SMILES string of the molecule is C=C(NCc1cccc2ccccc12)C1=C(C)Nc2cc(C(F)(F)F)nn2C1c1ccc(Cl)c(Cl)c1.CCC. The molecule has 0 aliphatic carbocycles. The maximum atomic E-state index is 13.5. The highest BCUT2D eigenvalue weighted by Gasteiger charge is 2.38. The second-order valence-electron chi connectivity index (χ2n) is 9.27. The summed E-state index contributed by atoms with van der Waals surface area (Å²) in [5.41, 5.74) is 2.59. The Hall–Kier alpha value is -3.42. The van der Waals surface area contributed by atoms with Crippen LogP contribution in [0.1, 0.15) is 50.1 Å². The molecule has 3 aromatic carbocycles. The molecule has 5 rings (SSSR count). The van der Waals surface area contributed by atoms with Gasteiger partial charge in [-0.1, -0.05) is 98.6 Å². The van der Waals surface area contributed by atoms with Crippen LogP contribution in [0.15, 0.2) is 90.3 Å². The third-order valence-corrected chi connectivity index (χ3v) is 6.96. The Morgan fingerprint density at radius 1 is 1.03 bits per heavy atom. The number of aromatic nitrogens is 2. The Morgan fingerprint density at radius 2 is 1.72 bits per heavy atom. The van der Waals surface area contributed by atoms with Gasteiger partial charge in [-0.05, 0) is 41.0 Å². The minimum Gasteiger partial charge on any atom is -0.381 e. The van der Waals surface area contributed by atoms with E-state index in [0.717, 1.165) is 22.4 Å². The molecule has 0 fully saturated rings. The van der Waals surface area contributed by atoms with Crippen LogP contribution in [-0.2, 0) is 12.7 Å². The van der Waals surface area contributed by atoms with Gasteiger partial charge >= 0.3 is 6.18 Å². The van der Waals surface area contributed by atoms with E-state index in [1.165, 1.54) is 11.1 Å². The van der Waals surface area contributed by atoms with E-state index in [-0.39, 0.29) is 5.82 Å². The molecule has 4 aromatic rings. The van der Waals surface area contributed by atoms with Crippen molar-refractivity contribution in [3.8, 4) is 0 Å². The topological polar surface area (TPSA) is 41.9 Å². The van der Waals surface area contributed by atoms with Gasteiger partial charge in [0.05, 0.1) is 10.0 Å². The lowest BCUT2D eigenvalue weighted by atomic mass is 9.93. The van der Waals surface area contributed by atoms with Gasteiger partial charge in [0.15, 0.2) is 5.69 Å². The molecule has 9 heteroatoms. The molecule has 2 heterocycles. The molecule has 204 valence electrons. The van der Waals surface area contributed by atoms with Crippen LogP contribution >= 0.6 is 23.2 Å². The number of allylic oxidation sites excluding steroid dienone is 2. The Morgan fingerprint density at radius 3 is 2.41 bits per heavy atom. The second kappa shape index (κ2) is 11.8. The summed E-state index contributed by atoms with van der Waals surface area (Å²) in [7, 11) is 0. The van der Waals surface area contributed by atoms with Gasteiger partial charge in [0.25, 0.3) is 0 Å². The average molecular weight is 573 g/mol. The summed E-state index contributed by atoms with van der Waals surface area (Å²) in [5.74, 6) is 0.224. The molecule has 4 nitrogen and oxygen atoms in total. The van der Waals surface area contributed by atoms with E-state index in [9.17, 15) is 13.2 Å². The summed E-state index contributed by atoms with van der Waals surface area (Å²) in [5, 5.41) is 13.2. The van der Waals surface area contributed by atoms with E-state index in [1.54, 1.807) is 25.1 Å². The summed E-state index contributed by atoms with van der Waals surface area (Å²) in [6, 6.07) is 19.4. The van der Waals surface area contributed by atoms with Crippen LogP contribution in [0.3, 0.4) is 0 Å². The van der Waals surface area contributed by atoms with Crippen LogP contribution in [-0.4, -0.2) is 9.78 Å². The second-order valence-corrected chi connectivity index (χ2v) is 10.1. The zero-order valence-corrected chi connectivity index (χ0v) is 23.3. The summed E-state index contributed by atoms with van der Waals surface area (Å²) in [4.78, 5) is 0. The van der Waals surface area contributed by atoms with Crippen molar-refractivity contribution in [2.75, 3.05) is 5.32 Å². The summed E-state index contributed by atoms with van der Waals surface area (Å²) >= 11 is 12.4. The highest BCUT2D eigenvalue weighted by Crippen LogP contribution is 2.42. The number of fused-ring (bicyclic) bond motifs is 2. The van der Waals surface area contributed by atoms with E-state index in [2.05, 4.69) is 42.2 Å². The van der Waals surface area contributed by atoms with Crippen molar-refractivity contribution in [1.29, 1.82) is 0 Å². The third-order valence-electron chi connectivity index (χ3n) is 6.22. The van der Waals surface area contributed by atoms with E-state index in [4.69, 9.17) is 23.2 Å². The highest BCUT2D eigenvalue weighted by atomic mass is 35.5. The van der Waals surface area contributed by atoms with Crippen LogP contribution in [0.2, 0.25) is 10.0 Å². The first-order chi connectivity index (χ1) is 18.5. The molecular formula is C30H29Cl2F3N4. The van der Waals surface area contributed by atoms with E-state index in [0.29, 0.717) is 39.1 Å². The molecule has 2 N–H and O–H groups in total. The van der Waals surface area contributed by atoms with Gasteiger partial charge in [-0.3, -0.25) is 0 Å². The van der Waals surface area contributed by atoms with Crippen molar-refractivity contribution in [3.05, 3.63) is 117 Å². The van der Waals surface area contributed by atoms with Crippen molar-refractivity contribution < 1.29 is 13.2 Å². The van der Waals surface area contributed by atoms with Crippen molar-refractivity contribution in [2.45, 2.75) is 46.0 Å². The number of benzene rings is 3. The summed E-state index contributed by atoms with van der Waals surface area (Å²) in [6.07, 6.45) is -3.34. The lowest BCUT2D eigenvalue weighted by Gasteiger charge is -2.32. The maximum Gasteiger partial charge on any atom is 0.435 e. The van der Waals surface area contributed by atoms with Crippen molar-refractivity contribution >= 4 is 39.8 Å². The van der Waals surface area contributed by atoms with E-state index >= 15 is 0 Å². The number of rotatable bonds is 5. The molecule has 1 aromatic heterocycles. The number of hydrogen-bond donors (Lipinski definition) is 2. The Kier molecular flexibility index (Phi) is 8.62. The highest BCUT2D eigenvalue weighted by molar-refractivity contribution is 6.42. The lowest BCUT2D eigenvalue weighted by molar-refractivity contribution is -0.141. The normalized spacial score (nSPS) is 14.8. The predicted molar refractivity (Wildman–Crippen MR) is 154 cm³/mol. The molecule has 1 atom stereocenters. The molecule has 0 amide bonds. The van der Waals surface area contributed by atoms with Gasteiger partial charge < -0.3 is 10.6 Å². The smallest absolute Gasteiger partial charge is 0.381 e. The average Bonchev–Trinajstić information content (AvgIpc) is 3.33. The molecule has 1 aliphatic rings. The number of halogens is 5. The molecule has 1 aliphatic heterocycles. The molecule has 1 unspecified atom stereocenters. The molecule has 0 spiro atoms. The Labute approximate surface area is 236 Å². The van der Waals surface area contributed by atoms with Crippen LogP contribution in [0.4, 0.5) is 19.0 Å². The summed E-state index contributed by atoms with van der Waals surface area (Å²) in [6.45, 7) is 10.8. The third kappa shape index (κ3) is 6.10. The quantitative estimate of drug-likeness (QED) is 0.250. The van der Waals surface area contributed by atoms with Crippen molar-refractivity contribution in [1.82, 2.24) is 15.1 Å². The lowest BCUT2D eigenvalue weighted by Crippen LogP contribution is -2.29. The molecule has 0 saturated heterocycles. The minimum absolute atomic E-state index is 0.224. The predicted octanol–water partition coefficient (Wildman–Crippen LogP) is 9.37. The maximum absolute atomic E-state index is 13.5. The van der Waals surface area contributed by atoms with Gasteiger partial charge in [-0.25, -0.2) is 4.68 Å². The van der Waals surface area contributed by atoms with Gasteiger partial charge in [0.2, 0.25) is 0 Å². The zero-order valence-electron chi connectivity index (χ0n) is 21.8. The number of alkyl halides is 3. The molecule has 0 radical (unpaired) electrons. The van der Waals surface area contributed by atoms with Crippen LogP contribution in [0.25, 0.3) is 10.8 Å². The fourth-order valence-corrected chi connectivity index (χ4v) is 4.84. The molecular weight excluding hydrogens is 544 g/mol. The Balaban J connectivity index is 0.00000112. The van der Waals surface area contributed by atoms with Gasteiger partial charge in [-0.2, -0.15) is 18.3 Å². The van der Waals surface area contributed by atoms with Crippen molar-refractivity contribution in [3.63, 3.8) is 0 Å².